The lowest BCUT2D eigenvalue weighted by molar-refractivity contribution is 1.01. The molecule has 1 N–H and O–H groups in total. The first-order chi connectivity index (χ1) is 17.2. The van der Waals surface area contributed by atoms with E-state index in [4.69, 9.17) is 0 Å². The van der Waals surface area contributed by atoms with Crippen LogP contribution in [0.25, 0.3) is 33.8 Å². The molecule has 0 fully saturated rings. The van der Waals surface area contributed by atoms with Crippen molar-refractivity contribution in [3.63, 3.8) is 0 Å². The zero-order valence-corrected chi connectivity index (χ0v) is 21.0. The fourth-order valence-electron chi connectivity index (χ4n) is 4.87. The molecule has 4 aromatic rings. The van der Waals surface area contributed by atoms with Gasteiger partial charge in [-0.2, -0.15) is 0 Å². The highest BCUT2D eigenvalue weighted by molar-refractivity contribution is 5.94. The van der Waals surface area contributed by atoms with E-state index < -0.39 is 0 Å². The van der Waals surface area contributed by atoms with Crippen LogP contribution in [0.5, 0.6) is 0 Å². The van der Waals surface area contributed by atoms with Gasteiger partial charge in [-0.3, -0.25) is 0 Å². The Bertz CT molecular complexity index is 1430. The number of aromatic nitrogens is 1. The second kappa shape index (κ2) is 10.9. The highest BCUT2D eigenvalue weighted by Crippen LogP contribution is 2.35. The minimum atomic E-state index is 0.779. The minimum absolute atomic E-state index is 0.779. The van der Waals surface area contributed by atoms with Gasteiger partial charge in [0.15, 0.2) is 0 Å². The van der Waals surface area contributed by atoms with Gasteiger partial charge in [-0.25, -0.2) is 0 Å². The Labute approximate surface area is 209 Å². The molecule has 35 heavy (non-hydrogen) atoms. The number of benzene rings is 3. The number of nitrogens with zero attached hydrogens (tertiary/aromatic N) is 1. The van der Waals surface area contributed by atoms with E-state index in [2.05, 4.69) is 109 Å². The molecule has 0 bridgehead atoms. The number of allylic oxidation sites excluding steroid dienone is 5. The third kappa shape index (κ3) is 4.65. The highest BCUT2D eigenvalue weighted by atomic mass is 15.0. The standard InChI is InChI=1S/C33H34N2/c1-6-10-16-26(8-3)35-32-19-14-13-18-30(32)27(9-4)33(35)23-24-20-21-29(31(22-24)34-5)28-17-12-11-15-25(28)7-2/h6,8-22,34H,3-4,7,23H2,1-2,5H3/b10-6-,26-16+. The lowest BCUT2D eigenvalue weighted by Gasteiger charge is -2.16. The molecule has 0 amide bonds. The first kappa shape index (κ1) is 24.1. The Morgan fingerprint density at radius 3 is 2.46 bits per heavy atom. The summed E-state index contributed by atoms with van der Waals surface area (Å²) in [5.74, 6) is 0. The number of aryl methyl sites for hydroxylation is 1. The molecule has 0 unspecified atom stereocenters. The lowest BCUT2D eigenvalue weighted by atomic mass is 9.94. The Morgan fingerprint density at radius 2 is 1.74 bits per heavy atom. The van der Waals surface area contributed by atoms with Crippen LogP contribution in [0, 0.1) is 0 Å². The molecular formula is C33H34N2. The minimum Gasteiger partial charge on any atom is -0.388 e. The molecule has 0 atom stereocenters. The maximum atomic E-state index is 4.17. The van der Waals surface area contributed by atoms with Gasteiger partial charge in [-0.15, -0.1) is 0 Å². The smallest absolute Gasteiger partial charge is 0.0537 e. The molecule has 3 aromatic carbocycles. The van der Waals surface area contributed by atoms with Gasteiger partial charge < -0.3 is 9.88 Å². The third-order valence-corrected chi connectivity index (χ3v) is 6.56. The Morgan fingerprint density at radius 1 is 0.971 bits per heavy atom. The SMILES string of the molecule is C=C/C(=C\C=C/C)n1c(Cc2ccc(-c3ccccc3CC)c(NC)c2)c(C=C)c2ccccc21. The average molecular weight is 459 g/mol. The molecule has 0 saturated carbocycles. The van der Waals surface area contributed by atoms with E-state index in [1.165, 1.54) is 38.9 Å². The number of rotatable bonds is 9. The largest absolute Gasteiger partial charge is 0.388 e. The molecule has 0 saturated heterocycles. The van der Waals surface area contributed by atoms with Crippen LogP contribution in [0.2, 0.25) is 0 Å². The van der Waals surface area contributed by atoms with Gasteiger partial charge in [0.05, 0.1) is 5.52 Å². The molecule has 4 rings (SSSR count). The average Bonchev–Trinajstić information content (AvgIpc) is 3.21. The van der Waals surface area contributed by atoms with Crippen molar-refractivity contribution in [2.75, 3.05) is 12.4 Å². The molecule has 0 aliphatic rings. The van der Waals surface area contributed by atoms with Crippen LogP contribution in [0.1, 0.15) is 36.2 Å². The summed E-state index contributed by atoms with van der Waals surface area (Å²) in [6, 6.07) is 24.0. The van der Waals surface area contributed by atoms with Crippen LogP contribution in [0.3, 0.4) is 0 Å². The van der Waals surface area contributed by atoms with E-state index in [1.54, 1.807) is 0 Å². The molecule has 0 aliphatic heterocycles. The quantitative estimate of drug-likeness (QED) is 0.248. The first-order valence-corrected chi connectivity index (χ1v) is 12.3. The first-order valence-electron chi connectivity index (χ1n) is 12.3. The van der Waals surface area contributed by atoms with Crippen LogP contribution >= 0.6 is 0 Å². The zero-order chi connectivity index (χ0) is 24.8. The normalized spacial score (nSPS) is 11.8. The summed E-state index contributed by atoms with van der Waals surface area (Å²) in [7, 11) is 2.00. The molecular weight excluding hydrogens is 424 g/mol. The summed E-state index contributed by atoms with van der Waals surface area (Å²) in [4.78, 5) is 0. The van der Waals surface area contributed by atoms with Gasteiger partial charge in [0.2, 0.25) is 0 Å². The number of nitrogens with one attached hydrogen (secondary N) is 1. The monoisotopic (exact) mass is 458 g/mol. The highest BCUT2D eigenvalue weighted by Gasteiger charge is 2.18. The van der Waals surface area contributed by atoms with Gasteiger partial charge in [-0.05, 0) is 54.3 Å². The van der Waals surface area contributed by atoms with Crippen molar-refractivity contribution in [3.8, 4) is 11.1 Å². The predicted octanol–water partition coefficient (Wildman–Crippen LogP) is 8.75. The molecule has 0 spiro atoms. The molecule has 1 heterocycles. The number of anilines is 1. The fourth-order valence-corrected chi connectivity index (χ4v) is 4.87. The molecule has 2 nitrogen and oxygen atoms in total. The van der Waals surface area contributed by atoms with Crippen LogP contribution in [0.15, 0.2) is 104 Å². The van der Waals surface area contributed by atoms with Crippen molar-refractivity contribution < 1.29 is 0 Å². The maximum absolute atomic E-state index is 4.17. The van der Waals surface area contributed by atoms with Crippen LogP contribution < -0.4 is 5.32 Å². The topological polar surface area (TPSA) is 17.0 Å². The lowest BCUT2D eigenvalue weighted by Crippen LogP contribution is -2.04. The summed E-state index contributed by atoms with van der Waals surface area (Å²) in [5, 5.41) is 4.64. The van der Waals surface area contributed by atoms with Crippen LogP contribution in [0.4, 0.5) is 5.69 Å². The van der Waals surface area contributed by atoms with Gasteiger partial charge >= 0.3 is 0 Å². The van der Waals surface area contributed by atoms with E-state index >= 15 is 0 Å². The summed E-state index contributed by atoms with van der Waals surface area (Å²) in [6.45, 7) is 12.5. The van der Waals surface area contributed by atoms with E-state index in [0.717, 1.165) is 29.7 Å². The Kier molecular flexibility index (Phi) is 7.52. The van der Waals surface area contributed by atoms with Gasteiger partial charge in [0.25, 0.3) is 0 Å². The van der Waals surface area contributed by atoms with E-state index in [-0.39, 0.29) is 0 Å². The van der Waals surface area contributed by atoms with Gasteiger partial charge in [-0.1, -0.05) is 92.9 Å². The Balaban J connectivity index is 1.88. The van der Waals surface area contributed by atoms with Crippen molar-refractivity contribution >= 4 is 28.4 Å². The van der Waals surface area contributed by atoms with Crippen LogP contribution in [-0.4, -0.2) is 11.6 Å². The molecule has 2 heteroatoms. The van der Waals surface area contributed by atoms with E-state index in [1.807, 2.05) is 32.2 Å². The van der Waals surface area contributed by atoms with E-state index in [9.17, 15) is 0 Å². The predicted molar refractivity (Wildman–Crippen MR) is 155 cm³/mol. The zero-order valence-electron chi connectivity index (χ0n) is 21.0. The van der Waals surface area contributed by atoms with E-state index in [0.29, 0.717) is 0 Å². The third-order valence-electron chi connectivity index (χ3n) is 6.56. The fraction of sp³-hybridized carbons (Fsp3) is 0.152. The summed E-state index contributed by atoms with van der Waals surface area (Å²) in [5.41, 5.74) is 10.8. The second-order valence-corrected chi connectivity index (χ2v) is 8.56. The number of fused-ring (bicyclic) bond motifs is 1. The molecule has 0 radical (unpaired) electrons. The van der Waals surface area contributed by atoms with Crippen LogP contribution in [-0.2, 0) is 12.8 Å². The van der Waals surface area contributed by atoms with Crippen molar-refractivity contribution in [2.24, 2.45) is 0 Å². The second-order valence-electron chi connectivity index (χ2n) is 8.56. The van der Waals surface area contributed by atoms with Crippen molar-refractivity contribution in [3.05, 3.63) is 127 Å². The molecule has 1 aromatic heterocycles. The van der Waals surface area contributed by atoms with Crippen molar-refractivity contribution in [2.45, 2.75) is 26.7 Å². The van der Waals surface area contributed by atoms with Gasteiger partial charge in [0.1, 0.15) is 0 Å². The molecule has 0 aliphatic carbocycles. The Hall–Kier alpha value is -4.04. The van der Waals surface area contributed by atoms with Crippen molar-refractivity contribution in [1.82, 2.24) is 4.57 Å². The maximum Gasteiger partial charge on any atom is 0.0537 e. The number of para-hydroxylation sites is 1. The summed E-state index contributed by atoms with van der Waals surface area (Å²) < 4.78 is 2.32. The molecule has 176 valence electrons. The number of hydrogen-bond acceptors (Lipinski definition) is 1. The van der Waals surface area contributed by atoms with Crippen molar-refractivity contribution in [1.29, 1.82) is 0 Å². The van der Waals surface area contributed by atoms with Gasteiger partial charge in [0, 0.05) is 47.1 Å². The summed E-state index contributed by atoms with van der Waals surface area (Å²) >= 11 is 0. The number of hydrogen-bond donors (Lipinski definition) is 1. The summed E-state index contributed by atoms with van der Waals surface area (Å²) in [6.07, 6.45) is 11.9.